The molecule has 1 aliphatic heterocycles. The predicted molar refractivity (Wildman–Crippen MR) is 110 cm³/mol. The molecule has 150 valence electrons. The first-order valence-electron chi connectivity index (χ1n) is 8.68. The lowest BCUT2D eigenvalue weighted by Crippen LogP contribution is -2.40. The third-order valence-electron chi connectivity index (χ3n) is 4.67. The Morgan fingerprint density at radius 3 is 2.64 bits per heavy atom. The van der Waals surface area contributed by atoms with Gasteiger partial charge in [-0.25, -0.2) is 8.42 Å². The Bertz CT molecular complexity index is 1000. The molecule has 3 rings (SSSR count). The van der Waals surface area contributed by atoms with Crippen molar-refractivity contribution >= 4 is 55.8 Å². The number of carbonyl (C=O) groups is 2. The van der Waals surface area contributed by atoms with Gasteiger partial charge in [-0.05, 0) is 23.9 Å². The minimum Gasteiger partial charge on any atom is -0.455 e. The number of hydrogen-bond acceptors (Lipinski definition) is 6. The number of esters is 1. The summed E-state index contributed by atoms with van der Waals surface area (Å²) in [5.74, 6) is -0.845. The van der Waals surface area contributed by atoms with E-state index in [2.05, 4.69) is 0 Å². The zero-order chi connectivity index (χ0) is 20.3. The molecule has 0 N–H and O–H groups in total. The van der Waals surface area contributed by atoms with Gasteiger partial charge in [-0.2, -0.15) is 0 Å². The number of halogens is 1. The van der Waals surface area contributed by atoms with E-state index >= 15 is 0 Å². The molecule has 0 aliphatic carbocycles. The van der Waals surface area contributed by atoms with Crippen molar-refractivity contribution in [3.63, 3.8) is 0 Å². The summed E-state index contributed by atoms with van der Waals surface area (Å²) in [7, 11) is -1.55. The Hall–Kier alpha value is -1.77. The van der Waals surface area contributed by atoms with Crippen LogP contribution in [0.3, 0.4) is 0 Å². The van der Waals surface area contributed by atoms with Gasteiger partial charge in [0.25, 0.3) is 5.91 Å². The highest BCUT2D eigenvalue weighted by atomic mass is 35.5. The van der Waals surface area contributed by atoms with Crippen molar-refractivity contribution in [1.29, 1.82) is 0 Å². The second-order valence-electron chi connectivity index (χ2n) is 6.60. The van der Waals surface area contributed by atoms with Gasteiger partial charge in [-0.1, -0.05) is 35.9 Å². The maximum absolute atomic E-state index is 12.2. The molecule has 9 heteroatoms. The summed E-state index contributed by atoms with van der Waals surface area (Å²) < 4.78 is 28.1. The van der Waals surface area contributed by atoms with Crippen LogP contribution in [0.1, 0.15) is 6.42 Å². The van der Waals surface area contributed by atoms with Crippen molar-refractivity contribution in [3.05, 3.63) is 41.4 Å². The van der Waals surface area contributed by atoms with Crippen molar-refractivity contribution in [2.75, 3.05) is 30.9 Å². The first-order chi connectivity index (χ1) is 13.3. The summed E-state index contributed by atoms with van der Waals surface area (Å²) in [6.07, 6.45) is 0.413. The highest BCUT2D eigenvalue weighted by Crippen LogP contribution is 2.33. The van der Waals surface area contributed by atoms with Crippen molar-refractivity contribution in [2.45, 2.75) is 17.4 Å². The lowest BCUT2D eigenvalue weighted by atomic mass is 10.1. The van der Waals surface area contributed by atoms with Gasteiger partial charge >= 0.3 is 5.97 Å². The number of hydrogen-bond donors (Lipinski definition) is 0. The first kappa shape index (κ1) is 21.0. The van der Waals surface area contributed by atoms with Crippen LogP contribution in [0.15, 0.2) is 41.3 Å². The summed E-state index contributed by atoms with van der Waals surface area (Å²) in [6, 6.07) is 11.0. The second-order valence-corrected chi connectivity index (χ2v) is 10.3. The number of benzene rings is 2. The summed E-state index contributed by atoms with van der Waals surface area (Å²) >= 11 is 7.57. The quantitative estimate of drug-likeness (QED) is 0.506. The number of likely N-dealkylation sites (N-methyl/N-ethyl adjacent to an activating group) is 1. The predicted octanol–water partition coefficient (Wildman–Crippen LogP) is 2.77. The molecule has 1 fully saturated rings. The van der Waals surface area contributed by atoms with Gasteiger partial charge in [-0.15, -0.1) is 11.8 Å². The molecular weight excluding hydrogens is 422 g/mol. The van der Waals surface area contributed by atoms with Gasteiger partial charge in [0.05, 0.1) is 17.3 Å². The number of nitrogens with zero attached hydrogens (tertiary/aromatic N) is 1. The smallest absolute Gasteiger partial charge is 0.316 e. The standard InChI is InChI=1S/C19H20ClNO5S2/c1-21(14-8-9-28(24,25)12-14)17(22)10-26-18(23)11-27-16-7-3-5-13-4-2-6-15(20)19(13)16/h2-7,14H,8-12H2,1H3/t14-/m1/s1. The maximum atomic E-state index is 12.2. The van der Waals surface area contributed by atoms with E-state index < -0.39 is 28.3 Å². The van der Waals surface area contributed by atoms with Crippen LogP contribution in [0.4, 0.5) is 0 Å². The highest BCUT2D eigenvalue weighted by Gasteiger charge is 2.32. The lowest BCUT2D eigenvalue weighted by molar-refractivity contribution is -0.150. The molecule has 1 amide bonds. The molecule has 2 aromatic rings. The van der Waals surface area contributed by atoms with Gasteiger partial charge in [0, 0.05) is 28.4 Å². The molecule has 0 radical (unpaired) electrons. The second kappa shape index (κ2) is 8.71. The molecule has 6 nitrogen and oxygen atoms in total. The molecule has 28 heavy (non-hydrogen) atoms. The molecule has 0 bridgehead atoms. The maximum Gasteiger partial charge on any atom is 0.316 e. The monoisotopic (exact) mass is 441 g/mol. The van der Waals surface area contributed by atoms with Gasteiger partial charge in [0.15, 0.2) is 16.4 Å². The normalized spacial score (nSPS) is 18.1. The van der Waals surface area contributed by atoms with E-state index in [1.807, 2.05) is 30.3 Å². The van der Waals surface area contributed by atoms with Gasteiger partial charge in [0.2, 0.25) is 0 Å². The zero-order valence-electron chi connectivity index (χ0n) is 15.3. The van der Waals surface area contributed by atoms with Gasteiger partial charge in [0.1, 0.15) is 0 Å². The number of sulfone groups is 1. The summed E-state index contributed by atoms with van der Waals surface area (Å²) in [4.78, 5) is 26.4. The Balaban J connectivity index is 1.52. The Morgan fingerprint density at radius 1 is 1.25 bits per heavy atom. The van der Waals surface area contributed by atoms with Crippen LogP contribution in [-0.4, -0.2) is 62.1 Å². The average Bonchev–Trinajstić information content (AvgIpc) is 3.03. The van der Waals surface area contributed by atoms with Crippen LogP contribution in [0.5, 0.6) is 0 Å². The van der Waals surface area contributed by atoms with E-state index in [1.54, 1.807) is 6.07 Å². The largest absolute Gasteiger partial charge is 0.455 e. The lowest BCUT2D eigenvalue weighted by Gasteiger charge is -2.23. The van der Waals surface area contributed by atoms with Crippen molar-refractivity contribution in [2.24, 2.45) is 0 Å². The molecule has 2 aromatic carbocycles. The number of ether oxygens (including phenoxy) is 1. The Kier molecular flexibility index (Phi) is 6.52. The summed E-state index contributed by atoms with van der Waals surface area (Å²) in [5.41, 5.74) is 0. The van der Waals surface area contributed by atoms with Crippen LogP contribution < -0.4 is 0 Å². The van der Waals surface area contributed by atoms with Crippen LogP contribution >= 0.6 is 23.4 Å². The Morgan fingerprint density at radius 2 is 1.96 bits per heavy atom. The Labute approximate surface area is 173 Å². The van der Waals surface area contributed by atoms with Gasteiger partial charge in [-0.3, -0.25) is 9.59 Å². The number of carbonyl (C=O) groups excluding carboxylic acids is 2. The topological polar surface area (TPSA) is 80.8 Å². The zero-order valence-corrected chi connectivity index (χ0v) is 17.6. The summed E-state index contributed by atoms with van der Waals surface area (Å²) in [6.45, 7) is -0.400. The minimum atomic E-state index is -3.08. The average molecular weight is 442 g/mol. The number of fused-ring (bicyclic) bond motifs is 1. The fraction of sp³-hybridized carbons (Fsp3) is 0.368. The molecular formula is C19H20ClNO5S2. The molecule has 0 spiro atoms. The SMILES string of the molecule is CN(C(=O)COC(=O)CSc1cccc2cccc(Cl)c12)[C@@H]1CCS(=O)(=O)C1. The molecule has 1 heterocycles. The number of rotatable bonds is 6. The first-order valence-corrected chi connectivity index (χ1v) is 11.9. The number of thioether (sulfide) groups is 1. The van der Waals surface area contributed by atoms with E-state index in [0.717, 1.165) is 15.7 Å². The molecule has 0 saturated carbocycles. The van der Waals surface area contributed by atoms with Crippen LogP contribution in [0.25, 0.3) is 10.8 Å². The van der Waals surface area contributed by atoms with E-state index in [4.69, 9.17) is 16.3 Å². The van der Waals surface area contributed by atoms with Crippen molar-refractivity contribution in [1.82, 2.24) is 4.90 Å². The van der Waals surface area contributed by atoms with Crippen LogP contribution in [-0.2, 0) is 24.2 Å². The summed E-state index contributed by atoms with van der Waals surface area (Å²) in [5, 5.41) is 2.47. The third kappa shape index (κ3) is 4.98. The molecule has 1 saturated heterocycles. The van der Waals surface area contributed by atoms with Crippen molar-refractivity contribution in [3.8, 4) is 0 Å². The molecule has 1 atom stereocenters. The van der Waals surface area contributed by atoms with Crippen LogP contribution in [0, 0.1) is 0 Å². The molecule has 0 aromatic heterocycles. The van der Waals surface area contributed by atoms with E-state index in [9.17, 15) is 18.0 Å². The van der Waals surface area contributed by atoms with Crippen molar-refractivity contribution < 1.29 is 22.7 Å². The van der Waals surface area contributed by atoms with E-state index in [-0.39, 0.29) is 23.3 Å². The van der Waals surface area contributed by atoms with E-state index in [0.29, 0.717) is 11.4 Å². The molecule has 1 aliphatic rings. The minimum absolute atomic E-state index is 0.0408. The highest BCUT2D eigenvalue weighted by molar-refractivity contribution is 8.00. The third-order valence-corrected chi connectivity index (χ3v) is 7.76. The van der Waals surface area contributed by atoms with E-state index in [1.165, 1.54) is 23.7 Å². The molecule has 0 unspecified atom stereocenters. The van der Waals surface area contributed by atoms with Gasteiger partial charge < -0.3 is 9.64 Å². The fourth-order valence-electron chi connectivity index (χ4n) is 3.09. The fourth-order valence-corrected chi connectivity index (χ4v) is 6.11. The number of amides is 1. The van der Waals surface area contributed by atoms with Crippen LogP contribution in [0.2, 0.25) is 5.02 Å².